The number of non-ortho nitro benzene ring substituents is 1. The summed E-state index contributed by atoms with van der Waals surface area (Å²) in [6.07, 6.45) is 0.759. The van der Waals surface area contributed by atoms with Crippen molar-refractivity contribution in [2.24, 2.45) is 0 Å². The lowest BCUT2D eigenvalue weighted by Gasteiger charge is -2.06. The van der Waals surface area contributed by atoms with E-state index in [9.17, 15) is 10.1 Å². The molecule has 0 spiro atoms. The van der Waals surface area contributed by atoms with Gasteiger partial charge in [0.05, 0.1) is 16.6 Å². The molecule has 2 aromatic carbocycles. The van der Waals surface area contributed by atoms with Crippen molar-refractivity contribution >= 4 is 11.4 Å². The van der Waals surface area contributed by atoms with Crippen LogP contribution in [0, 0.1) is 21.4 Å². The van der Waals surface area contributed by atoms with Crippen LogP contribution in [0.25, 0.3) is 0 Å². The van der Waals surface area contributed by atoms with E-state index < -0.39 is 4.92 Å². The van der Waals surface area contributed by atoms with E-state index in [1.165, 1.54) is 12.1 Å². The number of nitro groups is 1. The van der Waals surface area contributed by atoms with Crippen molar-refractivity contribution in [2.45, 2.75) is 6.42 Å². The van der Waals surface area contributed by atoms with Crippen LogP contribution in [-0.2, 0) is 6.42 Å². The first-order chi connectivity index (χ1) is 9.69. The second-order valence-electron chi connectivity index (χ2n) is 4.29. The molecule has 0 saturated heterocycles. The molecule has 0 unspecified atom stereocenters. The van der Waals surface area contributed by atoms with Crippen molar-refractivity contribution in [3.63, 3.8) is 0 Å². The van der Waals surface area contributed by atoms with E-state index in [0.29, 0.717) is 12.1 Å². The summed E-state index contributed by atoms with van der Waals surface area (Å²) >= 11 is 0. The summed E-state index contributed by atoms with van der Waals surface area (Å²) in [5.41, 5.74) is 2.64. The maximum Gasteiger partial charge on any atom is 0.269 e. The topological polar surface area (TPSA) is 79.0 Å². The third-order valence-corrected chi connectivity index (χ3v) is 2.88. The molecule has 0 radical (unpaired) electrons. The van der Waals surface area contributed by atoms with Crippen molar-refractivity contribution in [2.75, 3.05) is 11.9 Å². The van der Waals surface area contributed by atoms with Gasteiger partial charge >= 0.3 is 0 Å². The van der Waals surface area contributed by atoms with E-state index in [4.69, 9.17) is 5.26 Å². The zero-order chi connectivity index (χ0) is 14.4. The van der Waals surface area contributed by atoms with Crippen LogP contribution in [0.4, 0.5) is 11.4 Å². The zero-order valence-corrected chi connectivity index (χ0v) is 10.7. The average Bonchev–Trinajstić information content (AvgIpc) is 2.48. The second-order valence-corrected chi connectivity index (χ2v) is 4.29. The van der Waals surface area contributed by atoms with Crippen LogP contribution in [0.2, 0.25) is 0 Å². The highest BCUT2D eigenvalue weighted by molar-refractivity contribution is 5.49. The maximum absolute atomic E-state index is 10.5. The minimum Gasteiger partial charge on any atom is -0.385 e. The van der Waals surface area contributed by atoms with Crippen molar-refractivity contribution in [3.8, 4) is 6.07 Å². The Hall–Kier alpha value is -2.87. The van der Waals surface area contributed by atoms with Gasteiger partial charge in [0, 0.05) is 24.4 Å². The van der Waals surface area contributed by atoms with Gasteiger partial charge in [-0.25, -0.2) is 0 Å². The van der Waals surface area contributed by atoms with Gasteiger partial charge in [0.2, 0.25) is 0 Å². The van der Waals surface area contributed by atoms with Crippen LogP contribution in [0.3, 0.4) is 0 Å². The Morgan fingerprint density at radius 1 is 1.20 bits per heavy atom. The van der Waals surface area contributed by atoms with Gasteiger partial charge in [0.1, 0.15) is 0 Å². The smallest absolute Gasteiger partial charge is 0.269 e. The lowest BCUT2D eigenvalue weighted by molar-refractivity contribution is -0.384. The number of hydrogen-bond acceptors (Lipinski definition) is 4. The fourth-order valence-corrected chi connectivity index (χ4v) is 1.83. The molecular weight excluding hydrogens is 254 g/mol. The van der Waals surface area contributed by atoms with Gasteiger partial charge in [0.25, 0.3) is 5.69 Å². The van der Waals surface area contributed by atoms with Gasteiger partial charge in [-0.1, -0.05) is 18.2 Å². The molecule has 100 valence electrons. The Morgan fingerprint density at radius 3 is 2.60 bits per heavy atom. The number of hydrogen-bond donors (Lipinski definition) is 1. The molecular formula is C15H13N3O2. The molecule has 0 saturated carbocycles. The van der Waals surface area contributed by atoms with Gasteiger partial charge < -0.3 is 5.32 Å². The molecule has 5 heteroatoms. The lowest BCUT2D eigenvalue weighted by atomic mass is 10.1. The quantitative estimate of drug-likeness (QED) is 0.666. The van der Waals surface area contributed by atoms with E-state index in [1.54, 1.807) is 24.3 Å². The molecule has 0 aliphatic carbocycles. The van der Waals surface area contributed by atoms with E-state index in [0.717, 1.165) is 17.7 Å². The Labute approximate surface area is 116 Å². The summed E-state index contributed by atoms with van der Waals surface area (Å²) in [6.45, 7) is 0.701. The molecule has 0 heterocycles. The van der Waals surface area contributed by atoms with Gasteiger partial charge in [-0.15, -0.1) is 0 Å². The number of anilines is 1. The third kappa shape index (κ3) is 3.56. The Bertz CT molecular complexity index is 645. The molecule has 0 aliphatic rings. The second kappa shape index (κ2) is 6.34. The van der Waals surface area contributed by atoms with Crippen LogP contribution in [0.15, 0.2) is 48.5 Å². The molecule has 2 aromatic rings. The van der Waals surface area contributed by atoms with Crippen molar-refractivity contribution in [1.29, 1.82) is 5.26 Å². The molecule has 5 nitrogen and oxygen atoms in total. The summed E-state index contributed by atoms with van der Waals surface area (Å²) in [6, 6.07) is 15.9. The van der Waals surface area contributed by atoms with Gasteiger partial charge in [-0.05, 0) is 30.2 Å². The number of nitro benzene ring substituents is 1. The van der Waals surface area contributed by atoms with Crippen LogP contribution in [0.5, 0.6) is 0 Å². The zero-order valence-electron chi connectivity index (χ0n) is 10.7. The van der Waals surface area contributed by atoms with E-state index in [1.807, 2.05) is 12.1 Å². The van der Waals surface area contributed by atoms with Gasteiger partial charge in [0.15, 0.2) is 0 Å². The SMILES string of the molecule is N#Cc1cccc(NCCc2ccc([N+](=O)[O-])cc2)c1. The van der Waals surface area contributed by atoms with Gasteiger partial charge in [-0.3, -0.25) is 10.1 Å². The minimum atomic E-state index is -0.407. The molecule has 20 heavy (non-hydrogen) atoms. The lowest BCUT2D eigenvalue weighted by Crippen LogP contribution is -2.04. The standard InChI is InChI=1S/C15H13N3O2/c16-11-13-2-1-3-14(10-13)17-9-8-12-4-6-15(7-5-12)18(19)20/h1-7,10,17H,8-9H2. The van der Waals surface area contributed by atoms with Crippen LogP contribution in [-0.4, -0.2) is 11.5 Å². The Morgan fingerprint density at radius 2 is 1.95 bits per heavy atom. The fourth-order valence-electron chi connectivity index (χ4n) is 1.83. The number of benzene rings is 2. The molecule has 0 amide bonds. The van der Waals surface area contributed by atoms with E-state index in [-0.39, 0.29) is 5.69 Å². The molecule has 2 rings (SSSR count). The van der Waals surface area contributed by atoms with E-state index >= 15 is 0 Å². The first kappa shape index (κ1) is 13.6. The predicted molar refractivity (Wildman–Crippen MR) is 76.4 cm³/mol. The molecule has 0 fully saturated rings. The average molecular weight is 267 g/mol. The molecule has 0 aliphatic heterocycles. The highest BCUT2D eigenvalue weighted by atomic mass is 16.6. The fraction of sp³-hybridized carbons (Fsp3) is 0.133. The summed E-state index contributed by atoms with van der Waals surface area (Å²) in [5, 5.41) is 22.6. The predicted octanol–water partition coefficient (Wildman–Crippen LogP) is 3.12. The summed E-state index contributed by atoms with van der Waals surface area (Å²) in [4.78, 5) is 10.1. The molecule has 0 bridgehead atoms. The summed E-state index contributed by atoms with van der Waals surface area (Å²) < 4.78 is 0. The third-order valence-electron chi connectivity index (χ3n) is 2.88. The van der Waals surface area contributed by atoms with Crippen LogP contribution < -0.4 is 5.32 Å². The summed E-state index contributed by atoms with van der Waals surface area (Å²) in [5.74, 6) is 0. The highest BCUT2D eigenvalue weighted by Gasteiger charge is 2.03. The number of nitrogens with one attached hydrogen (secondary N) is 1. The van der Waals surface area contributed by atoms with Gasteiger partial charge in [-0.2, -0.15) is 5.26 Å². The number of nitriles is 1. The first-order valence-electron chi connectivity index (χ1n) is 6.16. The molecule has 1 N–H and O–H groups in total. The molecule has 0 atom stereocenters. The normalized spacial score (nSPS) is 9.75. The minimum absolute atomic E-state index is 0.100. The van der Waals surface area contributed by atoms with E-state index in [2.05, 4.69) is 11.4 Å². The van der Waals surface area contributed by atoms with Crippen molar-refractivity contribution in [3.05, 3.63) is 69.8 Å². The number of nitrogens with zero attached hydrogens (tertiary/aromatic N) is 2. The Kier molecular flexibility index (Phi) is 4.30. The van der Waals surface area contributed by atoms with Crippen molar-refractivity contribution < 1.29 is 4.92 Å². The number of rotatable bonds is 5. The maximum atomic E-state index is 10.5. The largest absolute Gasteiger partial charge is 0.385 e. The monoisotopic (exact) mass is 267 g/mol. The summed E-state index contributed by atoms with van der Waals surface area (Å²) in [7, 11) is 0. The van der Waals surface area contributed by atoms with Crippen molar-refractivity contribution in [1.82, 2.24) is 0 Å². The Balaban J connectivity index is 1.89. The highest BCUT2D eigenvalue weighted by Crippen LogP contribution is 2.13. The molecule has 0 aromatic heterocycles. The first-order valence-corrected chi connectivity index (χ1v) is 6.16. The van der Waals surface area contributed by atoms with Crippen LogP contribution >= 0.6 is 0 Å². The van der Waals surface area contributed by atoms with Crippen LogP contribution in [0.1, 0.15) is 11.1 Å².